The standard InChI is InChI=1S/C15H14BrFN2O2/c1-19(12-5-3-11(18)4-6-12)15(20)9-21-14-7-2-10(17)8-13(14)16/h2-8H,9,18H2,1H3. The number of nitrogen functional groups attached to an aromatic ring is 1. The number of amides is 1. The maximum Gasteiger partial charge on any atom is 0.264 e. The number of hydrogen-bond acceptors (Lipinski definition) is 3. The van der Waals surface area contributed by atoms with Crippen molar-refractivity contribution in [3.8, 4) is 5.75 Å². The average molecular weight is 353 g/mol. The van der Waals surface area contributed by atoms with Crippen LogP contribution in [0.15, 0.2) is 46.9 Å². The zero-order valence-corrected chi connectivity index (χ0v) is 12.9. The van der Waals surface area contributed by atoms with Crippen molar-refractivity contribution >= 4 is 33.2 Å². The molecule has 0 spiro atoms. The van der Waals surface area contributed by atoms with Gasteiger partial charge in [0.1, 0.15) is 11.6 Å². The van der Waals surface area contributed by atoms with Crippen LogP contribution in [0.2, 0.25) is 0 Å². The van der Waals surface area contributed by atoms with Gasteiger partial charge in [-0.3, -0.25) is 4.79 Å². The number of hydrogen-bond donors (Lipinski definition) is 1. The Kier molecular flexibility index (Phi) is 4.80. The minimum Gasteiger partial charge on any atom is -0.483 e. The predicted octanol–water partition coefficient (Wildman–Crippen LogP) is 3.21. The van der Waals surface area contributed by atoms with Crippen LogP contribution in [-0.2, 0) is 4.79 Å². The van der Waals surface area contributed by atoms with Gasteiger partial charge in [0.05, 0.1) is 4.47 Å². The molecule has 0 fully saturated rings. The van der Waals surface area contributed by atoms with Crippen molar-refractivity contribution in [2.24, 2.45) is 0 Å². The quantitative estimate of drug-likeness (QED) is 0.859. The first-order valence-electron chi connectivity index (χ1n) is 6.17. The minimum atomic E-state index is -0.375. The van der Waals surface area contributed by atoms with Crippen LogP contribution in [0.5, 0.6) is 5.75 Å². The Bertz CT molecular complexity index is 647. The Morgan fingerprint density at radius 1 is 1.29 bits per heavy atom. The van der Waals surface area contributed by atoms with Crippen molar-refractivity contribution in [3.05, 3.63) is 52.8 Å². The van der Waals surface area contributed by atoms with Gasteiger partial charge in [0.25, 0.3) is 5.91 Å². The number of carbonyl (C=O) groups is 1. The molecule has 2 aromatic rings. The van der Waals surface area contributed by atoms with E-state index in [9.17, 15) is 9.18 Å². The Balaban J connectivity index is 1.99. The molecule has 0 unspecified atom stereocenters. The summed E-state index contributed by atoms with van der Waals surface area (Å²) in [5.74, 6) is -0.189. The van der Waals surface area contributed by atoms with E-state index in [1.807, 2.05) is 0 Å². The number of nitrogens with zero attached hydrogens (tertiary/aromatic N) is 1. The summed E-state index contributed by atoms with van der Waals surface area (Å²) < 4.78 is 18.8. The first-order chi connectivity index (χ1) is 9.97. The van der Waals surface area contributed by atoms with Crippen LogP contribution in [0, 0.1) is 5.82 Å². The zero-order valence-electron chi connectivity index (χ0n) is 11.3. The number of likely N-dealkylation sites (N-methyl/N-ethyl adjacent to an activating group) is 1. The molecular formula is C15H14BrFN2O2. The van der Waals surface area contributed by atoms with Gasteiger partial charge >= 0.3 is 0 Å². The topological polar surface area (TPSA) is 55.6 Å². The van der Waals surface area contributed by atoms with Gasteiger partial charge in [-0.05, 0) is 58.4 Å². The summed E-state index contributed by atoms with van der Waals surface area (Å²) in [5, 5.41) is 0. The lowest BCUT2D eigenvalue weighted by Gasteiger charge is -2.18. The molecule has 0 aliphatic heterocycles. The molecule has 0 aliphatic rings. The molecule has 6 heteroatoms. The van der Waals surface area contributed by atoms with Crippen LogP contribution in [0.3, 0.4) is 0 Å². The SMILES string of the molecule is CN(C(=O)COc1ccc(F)cc1Br)c1ccc(N)cc1. The number of rotatable bonds is 4. The molecule has 2 N–H and O–H groups in total. The number of ether oxygens (including phenoxy) is 1. The molecule has 0 radical (unpaired) electrons. The van der Waals surface area contributed by atoms with Crippen LogP contribution in [-0.4, -0.2) is 19.6 Å². The first kappa shape index (κ1) is 15.3. The molecule has 2 rings (SSSR count). The van der Waals surface area contributed by atoms with E-state index in [0.717, 1.165) is 5.69 Å². The first-order valence-corrected chi connectivity index (χ1v) is 6.96. The van der Waals surface area contributed by atoms with Crippen molar-refractivity contribution in [1.82, 2.24) is 0 Å². The third-order valence-electron chi connectivity index (χ3n) is 2.90. The fraction of sp³-hybridized carbons (Fsp3) is 0.133. The van der Waals surface area contributed by atoms with E-state index in [1.54, 1.807) is 31.3 Å². The Morgan fingerprint density at radius 2 is 1.95 bits per heavy atom. The van der Waals surface area contributed by atoms with Crippen molar-refractivity contribution in [2.75, 3.05) is 24.3 Å². The van der Waals surface area contributed by atoms with Gasteiger partial charge in [-0.1, -0.05) is 0 Å². The summed E-state index contributed by atoms with van der Waals surface area (Å²) in [5.41, 5.74) is 6.95. The molecule has 0 aliphatic carbocycles. The van der Waals surface area contributed by atoms with Crippen molar-refractivity contribution in [3.63, 3.8) is 0 Å². The lowest BCUT2D eigenvalue weighted by molar-refractivity contribution is -0.120. The number of anilines is 2. The van der Waals surface area contributed by atoms with E-state index in [4.69, 9.17) is 10.5 Å². The number of benzene rings is 2. The second-order valence-electron chi connectivity index (χ2n) is 4.41. The summed E-state index contributed by atoms with van der Waals surface area (Å²) in [7, 11) is 1.65. The van der Waals surface area contributed by atoms with Gasteiger partial charge < -0.3 is 15.4 Å². The van der Waals surface area contributed by atoms with Crippen molar-refractivity contribution in [2.45, 2.75) is 0 Å². The van der Waals surface area contributed by atoms with Crippen LogP contribution < -0.4 is 15.4 Å². The summed E-state index contributed by atoms with van der Waals surface area (Å²) in [4.78, 5) is 13.5. The molecule has 110 valence electrons. The molecule has 0 heterocycles. The monoisotopic (exact) mass is 352 g/mol. The summed E-state index contributed by atoms with van der Waals surface area (Å²) >= 11 is 3.18. The average Bonchev–Trinajstić information content (AvgIpc) is 2.46. The van der Waals surface area contributed by atoms with E-state index >= 15 is 0 Å². The van der Waals surface area contributed by atoms with Gasteiger partial charge in [-0.25, -0.2) is 4.39 Å². The smallest absolute Gasteiger partial charge is 0.264 e. The summed E-state index contributed by atoms with van der Waals surface area (Å²) in [6.07, 6.45) is 0. The molecule has 2 aromatic carbocycles. The Morgan fingerprint density at radius 3 is 2.57 bits per heavy atom. The van der Waals surface area contributed by atoms with E-state index in [0.29, 0.717) is 15.9 Å². The number of nitrogens with two attached hydrogens (primary N) is 1. The summed E-state index contributed by atoms with van der Waals surface area (Å²) in [6.45, 7) is -0.148. The number of halogens is 2. The fourth-order valence-corrected chi connectivity index (χ4v) is 2.14. The largest absolute Gasteiger partial charge is 0.483 e. The lowest BCUT2D eigenvalue weighted by Crippen LogP contribution is -2.31. The van der Waals surface area contributed by atoms with E-state index in [1.165, 1.54) is 23.1 Å². The third-order valence-corrected chi connectivity index (χ3v) is 3.52. The van der Waals surface area contributed by atoms with Gasteiger partial charge in [-0.15, -0.1) is 0 Å². The highest BCUT2D eigenvalue weighted by Gasteiger charge is 2.12. The highest BCUT2D eigenvalue weighted by molar-refractivity contribution is 9.10. The van der Waals surface area contributed by atoms with Crippen LogP contribution in [0.25, 0.3) is 0 Å². The summed E-state index contributed by atoms with van der Waals surface area (Å²) in [6, 6.07) is 11.0. The predicted molar refractivity (Wildman–Crippen MR) is 83.9 cm³/mol. The second kappa shape index (κ2) is 6.58. The van der Waals surface area contributed by atoms with Gasteiger partial charge in [0.15, 0.2) is 6.61 Å². The molecule has 0 bridgehead atoms. The highest BCUT2D eigenvalue weighted by Crippen LogP contribution is 2.25. The van der Waals surface area contributed by atoms with Crippen LogP contribution >= 0.6 is 15.9 Å². The molecule has 4 nitrogen and oxygen atoms in total. The zero-order chi connectivity index (χ0) is 15.4. The molecule has 0 saturated heterocycles. The second-order valence-corrected chi connectivity index (χ2v) is 5.26. The fourth-order valence-electron chi connectivity index (χ4n) is 1.67. The molecule has 0 aromatic heterocycles. The van der Waals surface area contributed by atoms with Crippen LogP contribution in [0.4, 0.5) is 15.8 Å². The minimum absolute atomic E-state index is 0.148. The van der Waals surface area contributed by atoms with Crippen molar-refractivity contribution < 1.29 is 13.9 Å². The Hall–Kier alpha value is -2.08. The molecule has 21 heavy (non-hydrogen) atoms. The maximum absolute atomic E-state index is 13.0. The molecule has 0 atom stereocenters. The third kappa shape index (κ3) is 3.95. The normalized spacial score (nSPS) is 10.2. The number of carbonyl (C=O) groups excluding carboxylic acids is 1. The van der Waals surface area contributed by atoms with Crippen LogP contribution in [0.1, 0.15) is 0 Å². The molecule has 1 amide bonds. The van der Waals surface area contributed by atoms with E-state index < -0.39 is 0 Å². The maximum atomic E-state index is 13.0. The lowest BCUT2D eigenvalue weighted by atomic mass is 10.2. The highest BCUT2D eigenvalue weighted by atomic mass is 79.9. The Labute approximate surface area is 130 Å². The van der Waals surface area contributed by atoms with Crippen molar-refractivity contribution in [1.29, 1.82) is 0 Å². The van der Waals surface area contributed by atoms with E-state index in [2.05, 4.69) is 15.9 Å². The van der Waals surface area contributed by atoms with Gasteiger partial charge in [-0.2, -0.15) is 0 Å². The van der Waals surface area contributed by atoms with E-state index in [-0.39, 0.29) is 18.3 Å². The van der Waals surface area contributed by atoms with Gasteiger partial charge in [0, 0.05) is 18.4 Å². The molecular weight excluding hydrogens is 339 g/mol. The van der Waals surface area contributed by atoms with Gasteiger partial charge in [0.2, 0.25) is 0 Å². The molecule has 0 saturated carbocycles.